The van der Waals surface area contributed by atoms with Gasteiger partial charge in [-0.15, -0.1) is 0 Å². The monoisotopic (exact) mass is 306 g/mol. The number of benzene rings is 2. The number of carboxylic acids is 1. The van der Waals surface area contributed by atoms with Crippen LogP contribution in [-0.4, -0.2) is 11.1 Å². The van der Waals surface area contributed by atoms with E-state index in [2.05, 4.69) is 15.9 Å². The fourth-order valence-electron chi connectivity index (χ4n) is 2.21. The van der Waals surface area contributed by atoms with Crippen LogP contribution < -0.4 is 0 Å². The first kappa shape index (κ1) is 13.1. The molecule has 1 atom stereocenters. The van der Waals surface area contributed by atoms with E-state index in [0.717, 1.165) is 27.2 Å². The van der Waals surface area contributed by atoms with E-state index < -0.39 is 11.9 Å². The molecule has 1 N–H and O–H groups in total. The molecule has 94 valence electrons. The Bertz CT molecular complexity index is 578. The zero-order chi connectivity index (χ0) is 13.1. The van der Waals surface area contributed by atoms with Crippen LogP contribution in [0, 0.1) is 0 Å². The SMILES string of the molecule is CCCC(C(=O)O)c1cc(Br)c2ccccc2c1. The van der Waals surface area contributed by atoms with E-state index in [1.54, 1.807) is 0 Å². The summed E-state index contributed by atoms with van der Waals surface area (Å²) < 4.78 is 0.956. The summed E-state index contributed by atoms with van der Waals surface area (Å²) in [6.07, 6.45) is 1.53. The van der Waals surface area contributed by atoms with Gasteiger partial charge in [-0.2, -0.15) is 0 Å². The van der Waals surface area contributed by atoms with E-state index in [1.165, 1.54) is 0 Å². The van der Waals surface area contributed by atoms with Crippen LogP contribution in [0.5, 0.6) is 0 Å². The summed E-state index contributed by atoms with van der Waals surface area (Å²) >= 11 is 3.52. The van der Waals surface area contributed by atoms with Crippen molar-refractivity contribution in [2.24, 2.45) is 0 Å². The third-order valence-electron chi connectivity index (χ3n) is 3.11. The van der Waals surface area contributed by atoms with Gasteiger partial charge in [-0.3, -0.25) is 4.79 Å². The predicted molar refractivity (Wildman–Crippen MR) is 76.9 cm³/mol. The highest BCUT2D eigenvalue weighted by Crippen LogP contribution is 2.31. The molecule has 0 aliphatic heterocycles. The van der Waals surface area contributed by atoms with E-state index in [-0.39, 0.29) is 0 Å². The van der Waals surface area contributed by atoms with Crippen molar-refractivity contribution in [1.29, 1.82) is 0 Å². The van der Waals surface area contributed by atoms with Crippen molar-refractivity contribution >= 4 is 32.7 Å². The van der Waals surface area contributed by atoms with Gasteiger partial charge in [0.25, 0.3) is 0 Å². The van der Waals surface area contributed by atoms with Gasteiger partial charge in [-0.25, -0.2) is 0 Å². The Balaban J connectivity index is 2.54. The van der Waals surface area contributed by atoms with Gasteiger partial charge in [-0.1, -0.05) is 59.6 Å². The summed E-state index contributed by atoms with van der Waals surface area (Å²) in [5.41, 5.74) is 0.870. The molecule has 18 heavy (non-hydrogen) atoms. The molecule has 2 rings (SSSR count). The van der Waals surface area contributed by atoms with Crippen LogP contribution in [0.25, 0.3) is 10.8 Å². The van der Waals surface area contributed by atoms with Crippen LogP contribution in [-0.2, 0) is 4.79 Å². The molecule has 0 spiro atoms. The lowest BCUT2D eigenvalue weighted by Crippen LogP contribution is -2.11. The number of aliphatic carboxylic acids is 1. The smallest absolute Gasteiger partial charge is 0.310 e. The Kier molecular flexibility index (Phi) is 4.02. The summed E-state index contributed by atoms with van der Waals surface area (Å²) in [4.78, 5) is 11.3. The second-order valence-electron chi connectivity index (χ2n) is 4.40. The summed E-state index contributed by atoms with van der Waals surface area (Å²) in [5.74, 6) is -1.17. The molecule has 0 amide bonds. The first-order chi connectivity index (χ1) is 8.63. The van der Waals surface area contributed by atoms with E-state index in [0.29, 0.717) is 6.42 Å². The van der Waals surface area contributed by atoms with Crippen LogP contribution in [0.3, 0.4) is 0 Å². The molecule has 3 heteroatoms. The van der Waals surface area contributed by atoms with Crippen molar-refractivity contribution < 1.29 is 9.90 Å². The van der Waals surface area contributed by atoms with Gasteiger partial charge in [0.05, 0.1) is 5.92 Å². The van der Waals surface area contributed by atoms with Gasteiger partial charge in [0.1, 0.15) is 0 Å². The Morgan fingerprint density at radius 3 is 2.72 bits per heavy atom. The number of carboxylic acid groups (broad SMARTS) is 1. The van der Waals surface area contributed by atoms with Crippen molar-refractivity contribution in [1.82, 2.24) is 0 Å². The van der Waals surface area contributed by atoms with Gasteiger partial charge < -0.3 is 5.11 Å². The minimum atomic E-state index is -0.751. The number of fused-ring (bicyclic) bond motifs is 1. The Labute approximate surface area is 115 Å². The molecule has 2 aromatic rings. The Morgan fingerprint density at radius 1 is 1.33 bits per heavy atom. The summed E-state index contributed by atoms with van der Waals surface area (Å²) in [7, 11) is 0. The van der Waals surface area contributed by atoms with Crippen LogP contribution in [0.2, 0.25) is 0 Å². The van der Waals surface area contributed by atoms with Gasteiger partial charge in [0.2, 0.25) is 0 Å². The third kappa shape index (κ3) is 2.56. The second kappa shape index (κ2) is 5.53. The molecule has 0 bridgehead atoms. The fourth-order valence-corrected chi connectivity index (χ4v) is 2.83. The minimum absolute atomic E-state index is 0.420. The highest BCUT2D eigenvalue weighted by atomic mass is 79.9. The zero-order valence-electron chi connectivity index (χ0n) is 10.2. The van der Waals surface area contributed by atoms with Crippen molar-refractivity contribution in [3.8, 4) is 0 Å². The molecule has 0 aromatic heterocycles. The van der Waals surface area contributed by atoms with Crippen molar-refractivity contribution in [3.63, 3.8) is 0 Å². The highest BCUT2D eigenvalue weighted by molar-refractivity contribution is 9.10. The van der Waals surface area contributed by atoms with Gasteiger partial charge in [-0.05, 0) is 28.8 Å². The molecular weight excluding hydrogens is 292 g/mol. The van der Waals surface area contributed by atoms with Gasteiger partial charge in [0, 0.05) is 4.47 Å². The van der Waals surface area contributed by atoms with E-state index >= 15 is 0 Å². The molecule has 0 fully saturated rings. The van der Waals surface area contributed by atoms with Crippen LogP contribution in [0.1, 0.15) is 31.2 Å². The standard InChI is InChI=1S/C15H15BrO2/c1-2-5-13(15(17)18)11-8-10-6-3-4-7-12(10)14(16)9-11/h3-4,6-9,13H,2,5H2,1H3,(H,17,18). The lowest BCUT2D eigenvalue weighted by molar-refractivity contribution is -0.139. The van der Waals surface area contributed by atoms with Crippen LogP contribution in [0.15, 0.2) is 40.9 Å². The normalized spacial score (nSPS) is 12.6. The van der Waals surface area contributed by atoms with Crippen molar-refractivity contribution in [3.05, 3.63) is 46.4 Å². The third-order valence-corrected chi connectivity index (χ3v) is 3.77. The summed E-state index contributed by atoms with van der Waals surface area (Å²) in [5, 5.41) is 11.5. The van der Waals surface area contributed by atoms with Crippen molar-refractivity contribution in [2.45, 2.75) is 25.7 Å². The highest BCUT2D eigenvalue weighted by Gasteiger charge is 2.19. The molecule has 1 unspecified atom stereocenters. The lowest BCUT2D eigenvalue weighted by atomic mass is 9.93. The molecule has 2 aromatic carbocycles. The number of hydrogen-bond donors (Lipinski definition) is 1. The number of carbonyl (C=O) groups is 1. The number of rotatable bonds is 4. The Hall–Kier alpha value is -1.35. The van der Waals surface area contributed by atoms with Crippen LogP contribution >= 0.6 is 15.9 Å². The maximum absolute atomic E-state index is 11.3. The van der Waals surface area contributed by atoms with E-state index in [4.69, 9.17) is 0 Å². The molecule has 0 radical (unpaired) electrons. The quantitative estimate of drug-likeness (QED) is 0.898. The number of hydrogen-bond acceptors (Lipinski definition) is 1. The average molecular weight is 307 g/mol. The van der Waals surface area contributed by atoms with Crippen LogP contribution in [0.4, 0.5) is 0 Å². The first-order valence-corrected chi connectivity index (χ1v) is 6.83. The van der Waals surface area contributed by atoms with Crippen molar-refractivity contribution in [2.75, 3.05) is 0 Å². The Morgan fingerprint density at radius 2 is 2.06 bits per heavy atom. The maximum atomic E-state index is 11.3. The van der Waals surface area contributed by atoms with E-state index in [1.807, 2.05) is 43.3 Å². The molecule has 2 nitrogen and oxygen atoms in total. The molecule has 0 heterocycles. The maximum Gasteiger partial charge on any atom is 0.310 e. The second-order valence-corrected chi connectivity index (χ2v) is 5.26. The van der Waals surface area contributed by atoms with Gasteiger partial charge >= 0.3 is 5.97 Å². The zero-order valence-corrected chi connectivity index (χ0v) is 11.8. The molecule has 0 aliphatic carbocycles. The summed E-state index contributed by atoms with van der Waals surface area (Å²) in [6.45, 7) is 2.01. The molecular formula is C15H15BrO2. The first-order valence-electron chi connectivity index (χ1n) is 6.04. The van der Waals surface area contributed by atoms with Gasteiger partial charge in [0.15, 0.2) is 0 Å². The average Bonchev–Trinajstić information content (AvgIpc) is 2.35. The number of halogens is 1. The summed E-state index contributed by atoms with van der Waals surface area (Å²) in [6, 6.07) is 11.9. The molecule has 0 aliphatic rings. The topological polar surface area (TPSA) is 37.3 Å². The minimum Gasteiger partial charge on any atom is -0.481 e. The lowest BCUT2D eigenvalue weighted by Gasteiger charge is -2.13. The largest absolute Gasteiger partial charge is 0.481 e. The fraction of sp³-hybridized carbons (Fsp3) is 0.267. The van der Waals surface area contributed by atoms with E-state index in [9.17, 15) is 9.90 Å². The molecule has 0 saturated heterocycles. The molecule has 0 saturated carbocycles. The predicted octanol–water partition coefficient (Wildman–Crippen LogP) is 4.57.